The molecule has 1 nitrogen and oxygen atoms in total. The summed E-state index contributed by atoms with van der Waals surface area (Å²) in [6.07, 6.45) is 0. The van der Waals surface area contributed by atoms with Crippen molar-refractivity contribution in [2.45, 2.75) is 0 Å². The highest BCUT2D eigenvalue weighted by Crippen LogP contribution is 2.45. The lowest BCUT2D eigenvalue weighted by Crippen LogP contribution is -2.11. The van der Waals surface area contributed by atoms with E-state index in [9.17, 15) is 0 Å². The molecule has 0 aliphatic heterocycles. The minimum Gasteiger partial charge on any atom is -0.310 e. The summed E-state index contributed by atoms with van der Waals surface area (Å²) in [6, 6.07) is 68.7. The van der Waals surface area contributed by atoms with E-state index >= 15 is 0 Å². The van der Waals surface area contributed by atoms with Gasteiger partial charge in [-0.3, -0.25) is 0 Å². The largest absolute Gasteiger partial charge is 0.310 e. The molecule has 0 atom stereocenters. The van der Waals surface area contributed by atoms with Gasteiger partial charge in [0.25, 0.3) is 0 Å². The molecule has 50 heavy (non-hydrogen) atoms. The van der Waals surface area contributed by atoms with E-state index in [0.29, 0.717) is 0 Å². The molecule has 0 unspecified atom stereocenters. The molecule has 1 heterocycles. The number of hydrogen-bond acceptors (Lipinski definition) is 2. The molecule has 0 saturated carbocycles. The first kappa shape index (κ1) is 28.8. The highest BCUT2D eigenvalue weighted by molar-refractivity contribution is 7.25. The first-order chi connectivity index (χ1) is 24.8. The number of rotatable bonds is 5. The number of fused-ring (bicyclic) bond motifs is 8. The number of benzene rings is 9. The minimum atomic E-state index is 1.12. The standard InChI is InChI=1S/C48H31NS/c1-2-11-32(12-3-1)39-15-6-8-19-44(39)49(38-29-30-43-42-17-7-9-20-45(42)50-46(43)31-38)37-27-25-34(26-28-37)41-18-10-14-35-23-24-36-22-21-33-13-4-5-16-40(33)48(36)47(35)41/h1-31H. The number of anilines is 3. The average Bonchev–Trinajstić information content (AvgIpc) is 3.56. The van der Waals surface area contributed by atoms with E-state index in [0.717, 1.165) is 17.1 Å². The average molecular weight is 654 g/mol. The van der Waals surface area contributed by atoms with Crippen LogP contribution in [0.5, 0.6) is 0 Å². The summed E-state index contributed by atoms with van der Waals surface area (Å²) in [5.74, 6) is 0. The summed E-state index contributed by atoms with van der Waals surface area (Å²) in [4.78, 5) is 2.42. The second kappa shape index (κ2) is 11.7. The van der Waals surface area contributed by atoms with Gasteiger partial charge in [0, 0.05) is 37.1 Å². The van der Waals surface area contributed by atoms with Crippen molar-refractivity contribution in [2.24, 2.45) is 0 Å². The Balaban J connectivity index is 1.17. The lowest BCUT2D eigenvalue weighted by atomic mass is 9.91. The molecule has 0 N–H and O–H groups in total. The third kappa shape index (κ3) is 4.69. The van der Waals surface area contributed by atoms with E-state index in [1.807, 2.05) is 11.3 Å². The van der Waals surface area contributed by atoms with E-state index in [4.69, 9.17) is 0 Å². The normalized spacial score (nSPS) is 11.6. The Kier molecular flexibility index (Phi) is 6.75. The van der Waals surface area contributed by atoms with Crippen LogP contribution in [0.25, 0.3) is 74.7 Å². The Morgan fingerprint density at radius 1 is 0.340 bits per heavy atom. The van der Waals surface area contributed by atoms with Crippen LogP contribution < -0.4 is 4.90 Å². The van der Waals surface area contributed by atoms with Crippen LogP contribution in [-0.2, 0) is 0 Å². The summed E-state index contributed by atoms with van der Waals surface area (Å²) >= 11 is 1.86. The first-order valence-corrected chi connectivity index (χ1v) is 17.9. The molecular weight excluding hydrogens is 623 g/mol. The minimum absolute atomic E-state index is 1.12. The zero-order chi connectivity index (χ0) is 33.0. The van der Waals surface area contributed by atoms with Crippen molar-refractivity contribution in [3.63, 3.8) is 0 Å². The first-order valence-electron chi connectivity index (χ1n) is 17.1. The third-order valence-corrected chi connectivity index (χ3v) is 11.2. The van der Waals surface area contributed by atoms with Crippen LogP contribution in [0, 0.1) is 0 Å². The molecule has 2 heteroatoms. The molecule has 1 aromatic heterocycles. The van der Waals surface area contributed by atoms with Crippen LogP contribution in [0.1, 0.15) is 0 Å². The Labute approximate surface area is 294 Å². The zero-order valence-electron chi connectivity index (χ0n) is 27.3. The lowest BCUT2D eigenvalue weighted by molar-refractivity contribution is 1.29. The van der Waals surface area contributed by atoms with Crippen molar-refractivity contribution in [1.82, 2.24) is 0 Å². The van der Waals surface area contributed by atoms with Crippen LogP contribution >= 0.6 is 11.3 Å². The van der Waals surface area contributed by atoms with Gasteiger partial charge >= 0.3 is 0 Å². The molecular formula is C48H31NS. The van der Waals surface area contributed by atoms with Crippen molar-refractivity contribution in [2.75, 3.05) is 4.90 Å². The Morgan fingerprint density at radius 3 is 1.80 bits per heavy atom. The Hall–Kier alpha value is -6.22. The summed E-state index contributed by atoms with van der Waals surface area (Å²) in [6.45, 7) is 0. The van der Waals surface area contributed by atoms with Crippen LogP contribution in [0.3, 0.4) is 0 Å². The van der Waals surface area contributed by atoms with Crippen molar-refractivity contribution in [3.8, 4) is 22.3 Å². The van der Waals surface area contributed by atoms with Crippen molar-refractivity contribution in [3.05, 3.63) is 188 Å². The maximum absolute atomic E-state index is 2.42. The van der Waals surface area contributed by atoms with Gasteiger partial charge in [-0.25, -0.2) is 0 Å². The highest BCUT2D eigenvalue weighted by Gasteiger charge is 2.19. The van der Waals surface area contributed by atoms with E-state index < -0.39 is 0 Å². The second-order valence-electron chi connectivity index (χ2n) is 12.9. The summed E-state index contributed by atoms with van der Waals surface area (Å²) < 4.78 is 2.60. The molecule has 10 aromatic rings. The molecule has 0 amide bonds. The van der Waals surface area contributed by atoms with Gasteiger partial charge in [0.2, 0.25) is 0 Å². The predicted octanol–water partition coefficient (Wildman–Crippen LogP) is 14.3. The van der Waals surface area contributed by atoms with Gasteiger partial charge < -0.3 is 4.90 Å². The van der Waals surface area contributed by atoms with Crippen molar-refractivity contribution < 1.29 is 0 Å². The topological polar surface area (TPSA) is 3.24 Å². The predicted molar refractivity (Wildman–Crippen MR) is 217 cm³/mol. The summed E-state index contributed by atoms with van der Waals surface area (Å²) in [5.41, 5.74) is 8.25. The van der Waals surface area contributed by atoms with Crippen LogP contribution in [0.15, 0.2) is 188 Å². The van der Waals surface area contributed by atoms with Crippen LogP contribution in [0.4, 0.5) is 17.1 Å². The molecule has 0 bridgehead atoms. The van der Waals surface area contributed by atoms with Gasteiger partial charge in [-0.2, -0.15) is 0 Å². The fourth-order valence-corrected chi connectivity index (χ4v) is 8.86. The molecule has 0 saturated heterocycles. The summed E-state index contributed by atoms with van der Waals surface area (Å²) in [7, 11) is 0. The Bertz CT molecular complexity index is 2860. The van der Waals surface area contributed by atoms with Gasteiger partial charge in [0.05, 0.1) is 5.69 Å². The van der Waals surface area contributed by atoms with Gasteiger partial charge in [0.1, 0.15) is 0 Å². The third-order valence-electron chi connectivity index (χ3n) is 10.0. The SMILES string of the molecule is c1ccc(-c2ccccc2N(c2ccc(-c3cccc4ccc5ccc6ccccc6c5c34)cc2)c2ccc3c(c2)sc2ccccc23)cc1. The quantitative estimate of drug-likeness (QED) is 0.167. The van der Waals surface area contributed by atoms with Crippen molar-refractivity contribution in [1.29, 1.82) is 0 Å². The van der Waals surface area contributed by atoms with Crippen LogP contribution in [0.2, 0.25) is 0 Å². The molecule has 234 valence electrons. The summed E-state index contributed by atoms with van der Waals surface area (Å²) in [5, 5.41) is 10.3. The van der Waals surface area contributed by atoms with E-state index in [1.54, 1.807) is 0 Å². The lowest BCUT2D eigenvalue weighted by Gasteiger charge is -2.28. The second-order valence-corrected chi connectivity index (χ2v) is 14.0. The molecule has 9 aromatic carbocycles. The van der Waals surface area contributed by atoms with E-state index in [1.165, 1.54) is 74.7 Å². The molecule has 0 aliphatic rings. The number of hydrogen-bond donors (Lipinski definition) is 0. The number of nitrogens with zero attached hydrogens (tertiary/aromatic N) is 1. The zero-order valence-corrected chi connectivity index (χ0v) is 28.1. The highest BCUT2D eigenvalue weighted by atomic mass is 32.1. The van der Waals surface area contributed by atoms with Gasteiger partial charge in [-0.1, -0.05) is 152 Å². The smallest absolute Gasteiger partial charge is 0.0540 e. The maximum atomic E-state index is 2.42. The van der Waals surface area contributed by atoms with Gasteiger partial charge in [-0.05, 0) is 85.4 Å². The maximum Gasteiger partial charge on any atom is 0.0540 e. The van der Waals surface area contributed by atoms with E-state index in [2.05, 4.69) is 193 Å². The Morgan fingerprint density at radius 2 is 0.940 bits per heavy atom. The fraction of sp³-hybridized carbons (Fsp3) is 0. The van der Waals surface area contributed by atoms with E-state index in [-0.39, 0.29) is 0 Å². The fourth-order valence-electron chi connectivity index (χ4n) is 7.72. The van der Waals surface area contributed by atoms with Gasteiger partial charge in [0.15, 0.2) is 0 Å². The number of para-hydroxylation sites is 1. The number of thiophene rings is 1. The molecule has 0 spiro atoms. The van der Waals surface area contributed by atoms with Crippen molar-refractivity contribution >= 4 is 80.9 Å². The van der Waals surface area contributed by atoms with Crippen LogP contribution in [-0.4, -0.2) is 0 Å². The molecule has 0 fully saturated rings. The van der Waals surface area contributed by atoms with Gasteiger partial charge in [-0.15, -0.1) is 11.3 Å². The molecule has 10 rings (SSSR count). The molecule has 0 radical (unpaired) electrons. The molecule has 0 aliphatic carbocycles. The monoisotopic (exact) mass is 653 g/mol.